The monoisotopic (exact) mass is 457 g/mol. The van der Waals surface area contributed by atoms with E-state index >= 15 is 0 Å². The third kappa shape index (κ3) is 3.59. The van der Waals surface area contributed by atoms with Gasteiger partial charge in [0.05, 0.1) is 36.8 Å². The van der Waals surface area contributed by atoms with E-state index in [4.69, 9.17) is 9.47 Å². The van der Waals surface area contributed by atoms with E-state index in [-0.39, 0.29) is 11.9 Å². The van der Waals surface area contributed by atoms with Gasteiger partial charge in [-0.3, -0.25) is 9.69 Å². The van der Waals surface area contributed by atoms with Gasteiger partial charge in [-0.1, -0.05) is 24.3 Å². The lowest BCUT2D eigenvalue weighted by Gasteiger charge is -2.62. The Kier molecular flexibility index (Phi) is 5.45. The van der Waals surface area contributed by atoms with Crippen LogP contribution in [0.1, 0.15) is 10.4 Å². The van der Waals surface area contributed by atoms with Gasteiger partial charge in [-0.25, -0.2) is 8.42 Å². The summed E-state index contributed by atoms with van der Waals surface area (Å²) in [5.74, 6) is 0.562. The molecule has 0 N–H and O–H groups in total. The molecule has 2 aromatic carbocycles. The maximum atomic E-state index is 13.3. The fraction of sp³-hybridized carbons (Fsp3) is 0.435. The standard InChI is InChI=1S/C23H27N3O5S/c1-30-20-7-5-6-18(12-20)22(27)24-13-19-14-31-11-10-26(19)23(15-24)16-25(17-23)32(28,29)21-8-3-2-4-9-21/h2-9,12,19H,10-11,13-17H2,1H3. The fourth-order valence-electron chi connectivity index (χ4n) is 5.09. The number of amides is 1. The summed E-state index contributed by atoms with van der Waals surface area (Å²) in [5.41, 5.74) is 0.168. The van der Waals surface area contributed by atoms with Crippen molar-refractivity contribution in [3.63, 3.8) is 0 Å². The minimum Gasteiger partial charge on any atom is -0.497 e. The van der Waals surface area contributed by atoms with Gasteiger partial charge in [-0.05, 0) is 30.3 Å². The van der Waals surface area contributed by atoms with Crippen LogP contribution in [-0.4, -0.2) is 93.1 Å². The van der Waals surface area contributed by atoms with Crippen LogP contribution >= 0.6 is 0 Å². The minimum atomic E-state index is -3.56. The molecule has 1 amide bonds. The zero-order chi connectivity index (χ0) is 22.3. The molecule has 0 saturated carbocycles. The Balaban J connectivity index is 1.40. The summed E-state index contributed by atoms with van der Waals surface area (Å²) in [5, 5.41) is 0. The second-order valence-electron chi connectivity index (χ2n) is 8.65. The molecule has 1 spiro atoms. The van der Waals surface area contributed by atoms with Crippen LogP contribution in [-0.2, 0) is 14.8 Å². The third-order valence-corrected chi connectivity index (χ3v) is 8.49. The van der Waals surface area contributed by atoms with E-state index in [1.54, 1.807) is 55.6 Å². The average molecular weight is 458 g/mol. The molecule has 0 radical (unpaired) electrons. The number of fused-ring (bicyclic) bond motifs is 2. The average Bonchev–Trinajstić information content (AvgIpc) is 2.81. The van der Waals surface area contributed by atoms with Crippen molar-refractivity contribution in [2.45, 2.75) is 16.5 Å². The maximum absolute atomic E-state index is 13.3. The first-order valence-corrected chi connectivity index (χ1v) is 12.2. The molecule has 3 fully saturated rings. The van der Waals surface area contributed by atoms with E-state index in [2.05, 4.69) is 4.90 Å². The summed E-state index contributed by atoms with van der Waals surface area (Å²) >= 11 is 0. The number of hydrogen-bond donors (Lipinski definition) is 0. The first kappa shape index (κ1) is 21.4. The van der Waals surface area contributed by atoms with Crippen LogP contribution in [0.5, 0.6) is 5.75 Å². The van der Waals surface area contributed by atoms with Crippen LogP contribution < -0.4 is 4.74 Å². The fourth-order valence-corrected chi connectivity index (χ4v) is 6.71. The van der Waals surface area contributed by atoms with Gasteiger partial charge < -0.3 is 14.4 Å². The second-order valence-corrected chi connectivity index (χ2v) is 10.6. The number of methoxy groups -OCH3 is 1. The van der Waals surface area contributed by atoms with Crippen molar-refractivity contribution in [2.75, 3.05) is 53.0 Å². The Labute approximate surface area is 188 Å². The van der Waals surface area contributed by atoms with Crippen molar-refractivity contribution in [1.82, 2.24) is 14.1 Å². The molecule has 3 heterocycles. The van der Waals surface area contributed by atoms with Crippen LogP contribution in [0.15, 0.2) is 59.5 Å². The smallest absolute Gasteiger partial charge is 0.254 e. The molecule has 0 bridgehead atoms. The molecule has 32 heavy (non-hydrogen) atoms. The molecular formula is C23H27N3O5S. The molecule has 5 rings (SSSR count). The lowest BCUT2D eigenvalue weighted by atomic mass is 9.84. The number of nitrogens with zero attached hydrogens (tertiary/aromatic N) is 3. The SMILES string of the molecule is COc1cccc(C(=O)N2CC3COCCN3C3(C2)CN(S(=O)(=O)c2ccccc2)C3)c1. The van der Waals surface area contributed by atoms with Crippen molar-refractivity contribution in [3.8, 4) is 5.75 Å². The molecule has 1 unspecified atom stereocenters. The largest absolute Gasteiger partial charge is 0.497 e. The van der Waals surface area contributed by atoms with Gasteiger partial charge in [0.15, 0.2) is 0 Å². The van der Waals surface area contributed by atoms with E-state index in [0.717, 1.165) is 6.54 Å². The predicted octanol–water partition coefficient (Wildman–Crippen LogP) is 1.30. The lowest BCUT2D eigenvalue weighted by Crippen LogP contribution is -2.81. The highest BCUT2D eigenvalue weighted by molar-refractivity contribution is 7.89. The topological polar surface area (TPSA) is 79.4 Å². The highest BCUT2D eigenvalue weighted by Crippen LogP contribution is 2.38. The molecule has 9 heteroatoms. The van der Waals surface area contributed by atoms with Crippen molar-refractivity contribution in [2.24, 2.45) is 0 Å². The predicted molar refractivity (Wildman–Crippen MR) is 118 cm³/mol. The number of hydrogen-bond acceptors (Lipinski definition) is 6. The van der Waals surface area contributed by atoms with Crippen LogP contribution in [0.3, 0.4) is 0 Å². The Morgan fingerprint density at radius 2 is 1.88 bits per heavy atom. The number of carbonyl (C=O) groups is 1. The van der Waals surface area contributed by atoms with Gasteiger partial charge in [0.1, 0.15) is 5.75 Å². The molecule has 0 aliphatic carbocycles. The molecule has 1 atom stereocenters. The van der Waals surface area contributed by atoms with Crippen molar-refractivity contribution >= 4 is 15.9 Å². The summed E-state index contributed by atoms with van der Waals surface area (Å²) in [6.45, 7) is 3.67. The molecule has 3 aliphatic heterocycles. The van der Waals surface area contributed by atoms with Gasteiger partial charge in [0.25, 0.3) is 5.91 Å². The number of morpholine rings is 1. The zero-order valence-corrected chi connectivity index (χ0v) is 18.8. The molecule has 0 aromatic heterocycles. The Bertz CT molecular complexity index is 1100. The Morgan fingerprint density at radius 3 is 2.62 bits per heavy atom. The van der Waals surface area contributed by atoms with Crippen LogP contribution in [0.4, 0.5) is 0 Å². The lowest BCUT2D eigenvalue weighted by molar-refractivity contribution is -0.141. The van der Waals surface area contributed by atoms with Gasteiger partial charge >= 0.3 is 0 Å². The molecule has 3 aliphatic rings. The summed E-state index contributed by atoms with van der Waals surface area (Å²) in [7, 11) is -1.98. The summed E-state index contributed by atoms with van der Waals surface area (Å²) in [4.78, 5) is 17.9. The number of ether oxygens (including phenoxy) is 2. The number of sulfonamides is 1. The normalized spacial score (nSPS) is 23.4. The summed E-state index contributed by atoms with van der Waals surface area (Å²) in [6, 6.07) is 15.7. The third-order valence-electron chi connectivity index (χ3n) is 6.68. The van der Waals surface area contributed by atoms with Crippen molar-refractivity contribution in [3.05, 3.63) is 60.2 Å². The van der Waals surface area contributed by atoms with Crippen molar-refractivity contribution in [1.29, 1.82) is 0 Å². The number of carbonyl (C=O) groups excluding carboxylic acids is 1. The van der Waals surface area contributed by atoms with Crippen molar-refractivity contribution < 1.29 is 22.7 Å². The van der Waals surface area contributed by atoms with Crippen LogP contribution in [0.25, 0.3) is 0 Å². The van der Waals surface area contributed by atoms with Crippen LogP contribution in [0.2, 0.25) is 0 Å². The first-order chi connectivity index (χ1) is 15.4. The molecule has 3 saturated heterocycles. The van der Waals surface area contributed by atoms with E-state index in [1.807, 2.05) is 11.0 Å². The van der Waals surface area contributed by atoms with Gasteiger partial charge in [-0.2, -0.15) is 4.31 Å². The number of benzene rings is 2. The van der Waals surface area contributed by atoms with E-state index < -0.39 is 15.6 Å². The maximum Gasteiger partial charge on any atom is 0.254 e. The van der Waals surface area contributed by atoms with Gasteiger partial charge in [0.2, 0.25) is 10.0 Å². The summed E-state index contributed by atoms with van der Waals surface area (Å²) < 4.78 is 38.7. The molecule has 2 aromatic rings. The first-order valence-electron chi connectivity index (χ1n) is 10.8. The molecular weight excluding hydrogens is 430 g/mol. The van der Waals surface area contributed by atoms with E-state index in [0.29, 0.717) is 55.6 Å². The molecule has 170 valence electrons. The highest BCUT2D eigenvalue weighted by Gasteiger charge is 2.57. The van der Waals surface area contributed by atoms with E-state index in [1.165, 1.54) is 4.31 Å². The Hall–Kier alpha value is -2.46. The number of rotatable bonds is 4. The Morgan fingerprint density at radius 1 is 1.09 bits per heavy atom. The summed E-state index contributed by atoms with van der Waals surface area (Å²) in [6.07, 6.45) is 0. The van der Waals surface area contributed by atoms with E-state index in [9.17, 15) is 13.2 Å². The van der Waals surface area contributed by atoms with Gasteiger partial charge in [-0.15, -0.1) is 0 Å². The number of piperazine rings is 1. The minimum absolute atomic E-state index is 0.0497. The quantitative estimate of drug-likeness (QED) is 0.689. The highest BCUT2D eigenvalue weighted by atomic mass is 32.2. The second kappa shape index (κ2) is 8.15. The van der Waals surface area contributed by atoms with Crippen LogP contribution in [0, 0.1) is 0 Å². The molecule has 8 nitrogen and oxygen atoms in total. The zero-order valence-electron chi connectivity index (χ0n) is 18.0. The van der Waals surface area contributed by atoms with Gasteiger partial charge in [0, 0.05) is 38.3 Å².